The molecule has 1 N–H and O–H groups in total. The van der Waals surface area contributed by atoms with Gasteiger partial charge in [0.2, 0.25) is 0 Å². The van der Waals surface area contributed by atoms with Crippen LogP contribution in [0.2, 0.25) is 0 Å². The van der Waals surface area contributed by atoms with Crippen LogP contribution in [0.5, 0.6) is 5.75 Å². The molecule has 2 heterocycles. The Morgan fingerprint density at radius 3 is 2.94 bits per heavy atom. The van der Waals surface area contributed by atoms with Crippen LogP contribution in [0, 0.1) is 0 Å². The van der Waals surface area contributed by atoms with Gasteiger partial charge in [-0.2, -0.15) is 5.10 Å². The van der Waals surface area contributed by atoms with E-state index in [4.69, 9.17) is 4.74 Å². The second kappa shape index (κ2) is 3.75. The van der Waals surface area contributed by atoms with Crippen molar-refractivity contribution in [2.24, 2.45) is 0 Å². The maximum atomic E-state index is 5.25. The number of rotatable bonds is 2. The van der Waals surface area contributed by atoms with Crippen molar-refractivity contribution in [3.8, 4) is 5.75 Å². The number of nitrogens with zero attached hydrogens (tertiary/aromatic N) is 2. The lowest BCUT2D eigenvalue weighted by Crippen LogP contribution is -2.43. The Kier molecular flexibility index (Phi) is 2.37. The summed E-state index contributed by atoms with van der Waals surface area (Å²) in [7, 11) is 1.67. The molecule has 0 amide bonds. The Bertz CT molecular complexity index is 533. The summed E-state index contributed by atoms with van der Waals surface area (Å²) in [6.45, 7) is 2.01. The Hall–Kier alpha value is -1.07. The van der Waals surface area contributed by atoms with Crippen LogP contribution >= 0.6 is 15.9 Å². The lowest BCUT2D eigenvalue weighted by atomic mass is 10.2. The van der Waals surface area contributed by atoms with Crippen LogP contribution in [-0.4, -0.2) is 30.0 Å². The fraction of sp³-hybridized carbons (Fsp3) is 0.364. The molecule has 16 heavy (non-hydrogen) atoms. The molecule has 0 atom stereocenters. The highest BCUT2D eigenvalue weighted by molar-refractivity contribution is 9.10. The predicted molar refractivity (Wildman–Crippen MR) is 65.9 cm³/mol. The van der Waals surface area contributed by atoms with E-state index in [9.17, 15) is 0 Å². The van der Waals surface area contributed by atoms with Gasteiger partial charge in [0.05, 0.1) is 23.1 Å². The number of hydrogen-bond donors (Lipinski definition) is 1. The molecule has 2 aromatic rings. The van der Waals surface area contributed by atoms with Crippen LogP contribution < -0.4 is 10.1 Å². The van der Waals surface area contributed by atoms with Gasteiger partial charge in [-0.05, 0) is 22.0 Å². The first-order chi connectivity index (χ1) is 7.78. The molecule has 4 nitrogen and oxygen atoms in total. The molecule has 0 saturated carbocycles. The van der Waals surface area contributed by atoms with Gasteiger partial charge >= 0.3 is 0 Å². The molecule has 0 radical (unpaired) electrons. The van der Waals surface area contributed by atoms with E-state index in [1.807, 2.05) is 16.8 Å². The third-order valence-corrected chi connectivity index (χ3v) is 3.55. The van der Waals surface area contributed by atoms with E-state index in [0.29, 0.717) is 6.04 Å². The molecule has 1 aliphatic rings. The van der Waals surface area contributed by atoms with Crippen LogP contribution in [0.1, 0.15) is 6.04 Å². The van der Waals surface area contributed by atoms with Crippen LogP contribution in [0.25, 0.3) is 10.9 Å². The van der Waals surface area contributed by atoms with Crippen molar-refractivity contribution in [2.45, 2.75) is 6.04 Å². The first kappa shape index (κ1) is 10.1. The average molecular weight is 282 g/mol. The van der Waals surface area contributed by atoms with Crippen molar-refractivity contribution in [1.29, 1.82) is 0 Å². The van der Waals surface area contributed by atoms with Gasteiger partial charge in [-0.1, -0.05) is 0 Å². The zero-order valence-electron chi connectivity index (χ0n) is 8.90. The maximum Gasteiger partial charge on any atom is 0.135 e. The average Bonchev–Trinajstić information content (AvgIpc) is 2.55. The lowest BCUT2D eigenvalue weighted by molar-refractivity contribution is 0.320. The first-order valence-corrected chi connectivity index (χ1v) is 6.00. The Balaban J connectivity index is 2.09. The standard InChI is InChI=1S/C11H12BrN3O/c1-16-11-3-10-7(2-9(11)12)6-15(14-10)8-4-13-5-8/h2-3,6,8,13H,4-5H2,1H3. The van der Waals surface area contributed by atoms with E-state index in [2.05, 4.69) is 32.5 Å². The van der Waals surface area contributed by atoms with Gasteiger partial charge in [-0.3, -0.25) is 4.68 Å². The largest absolute Gasteiger partial charge is 0.495 e. The summed E-state index contributed by atoms with van der Waals surface area (Å²) in [4.78, 5) is 0. The van der Waals surface area contributed by atoms with Crippen molar-refractivity contribution >= 4 is 26.8 Å². The molecule has 1 aromatic carbocycles. The topological polar surface area (TPSA) is 39.1 Å². The fourth-order valence-electron chi connectivity index (χ4n) is 1.85. The molecule has 0 bridgehead atoms. The molecule has 0 unspecified atom stereocenters. The fourth-order valence-corrected chi connectivity index (χ4v) is 2.37. The smallest absolute Gasteiger partial charge is 0.135 e. The van der Waals surface area contributed by atoms with Crippen molar-refractivity contribution in [2.75, 3.05) is 20.2 Å². The van der Waals surface area contributed by atoms with Gasteiger partial charge in [-0.15, -0.1) is 0 Å². The molecule has 0 spiro atoms. The van der Waals surface area contributed by atoms with E-state index in [0.717, 1.165) is 34.2 Å². The number of nitrogens with one attached hydrogen (secondary N) is 1. The van der Waals surface area contributed by atoms with Gasteiger partial charge in [-0.25, -0.2) is 0 Å². The highest BCUT2D eigenvalue weighted by atomic mass is 79.9. The van der Waals surface area contributed by atoms with Crippen LogP contribution in [0.3, 0.4) is 0 Å². The van der Waals surface area contributed by atoms with Gasteiger partial charge < -0.3 is 10.1 Å². The van der Waals surface area contributed by atoms with E-state index in [-0.39, 0.29) is 0 Å². The van der Waals surface area contributed by atoms with Crippen molar-refractivity contribution < 1.29 is 4.74 Å². The maximum absolute atomic E-state index is 5.25. The molecule has 84 valence electrons. The van der Waals surface area contributed by atoms with Gasteiger partial charge in [0.15, 0.2) is 0 Å². The molecule has 0 aliphatic carbocycles. The van der Waals surface area contributed by atoms with Crippen LogP contribution in [0.4, 0.5) is 0 Å². The van der Waals surface area contributed by atoms with Crippen LogP contribution in [0.15, 0.2) is 22.8 Å². The molecule has 1 saturated heterocycles. The summed E-state index contributed by atoms with van der Waals surface area (Å²) in [6.07, 6.45) is 2.09. The highest BCUT2D eigenvalue weighted by Crippen LogP contribution is 2.30. The molecular weight excluding hydrogens is 270 g/mol. The summed E-state index contributed by atoms with van der Waals surface area (Å²) in [5, 5.41) is 8.94. The molecule has 1 aliphatic heterocycles. The normalized spacial score (nSPS) is 16.4. The third kappa shape index (κ3) is 1.51. The minimum atomic E-state index is 0.497. The molecule has 5 heteroatoms. The summed E-state index contributed by atoms with van der Waals surface area (Å²) < 4.78 is 8.26. The summed E-state index contributed by atoms with van der Waals surface area (Å²) >= 11 is 3.48. The summed E-state index contributed by atoms with van der Waals surface area (Å²) in [5.41, 5.74) is 0.979. The van der Waals surface area contributed by atoms with E-state index in [1.54, 1.807) is 7.11 Å². The minimum absolute atomic E-state index is 0.497. The van der Waals surface area contributed by atoms with Gasteiger partial charge in [0, 0.05) is 30.7 Å². The second-order valence-corrected chi connectivity index (χ2v) is 4.82. The Morgan fingerprint density at radius 1 is 1.50 bits per heavy atom. The molecule has 1 fully saturated rings. The number of fused-ring (bicyclic) bond motifs is 1. The van der Waals surface area contributed by atoms with Crippen molar-refractivity contribution in [3.05, 3.63) is 22.8 Å². The number of halogens is 1. The Labute approximate surface area is 102 Å². The summed E-state index contributed by atoms with van der Waals surface area (Å²) in [5.74, 6) is 0.824. The van der Waals surface area contributed by atoms with Gasteiger partial charge in [0.25, 0.3) is 0 Å². The van der Waals surface area contributed by atoms with Crippen LogP contribution in [-0.2, 0) is 0 Å². The second-order valence-electron chi connectivity index (χ2n) is 3.97. The number of hydrogen-bond acceptors (Lipinski definition) is 3. The number of methoxy groups -OCH3 is 1. The van der Waals surface area contributed by atoms with Gasteiger partial charge in [0.1, 0.15) is 5.75 Å². The number of aromatic nitrogens is 2. The molecule has 3 rings (SSSR count). The third-order valence-electron chi connectivity index (χ3n) is 2.93. The lowest BCUT2D eigenvalue weighted by Gasteiger charge is -2.27. The Morgan fingerprint density at radius 2 is 2.31 bits per heavy atom. The first-order valence-electron chi connectivity index (χ1n) is 5.21. The summed E-state index contributed by atoms with van der Waals surface area (Å²) in [6, 6.07) is 4.50. The monoisotopic (exact) mass is 281 g/mol. The zero-order chi connectivity index (χ0) is 11.1. The molecule has 1 aromatic heterocycles. The minimum Gasteiger partial charge on any atom is -0.495 e. The van der Waals surface area contributed by atoms with E-state index >= 15 is 0 Å². The van der Waals surface area contributed by atoms with E-state index < -0.39 is 0 Å². The highest BCUT2D eigenvalue weighted by Gasteiger charge is 2.20. The van der Waals surface area contributed by atoms with E-state index in [1.165, 1.54) is 0 Å². The molecular formula is C11H12BrN3O. The predicted octanol–water partition coefficient (Wildman–Crippen LogP) is 1.95. The quantitative estimate of drug-likeness (QED) is 0.915. The zero-order valence-corrected chi connectivity index (χ0v) is 10.5. The SMILES string of the molecule is COc1cc2nn(C3CNC3)cc2cc1Br. The number of benzene rings is 1. The number of ether oxygens (including phenoxy) is 1. The van der Waals surface area contributed by atoms with Crippen molar-refractivity contribution in [1.82, 2.24) is 15.1 Å². The van der Waals surface area contributed by atoms with Crippen molar-refractivity contribution in [3.63, 3.8) is 0 Å².